The zero-order valence-electron chi connectivity index (χ0n) is 6.80. The molecule has 1 fully saturated rings. The predicted molar refractivity (Wildman–Crippen MR) is 47.0 cm³/mol. The highest BCUT2D eigenvalue weighted by Crippen LogP contribution is 1.95. The molecule has 1 rings (SSSR count). The molecule has 0 aromatic heterocycles. The van der Waals surface area contributed by atoms with Crippen LogP contribution in [0.25, 0.3) is 0 Å². The molecule has 1 heterocycles. The lowest BCUT2D eigenvalue weighted by Crippen LogP contribution is -2.46. The van der Waals surface area contributed by atoms with Gasteiger partial charge in [0.15, 0.2) is 0 Å². The molecule has 0 aromatic carbocycles. The molecule has 4 heteroatoms. The van der Waals surface area contributed by atoms with Crippen molar-refractivity contribution < 1.29 is 4.79 Å². The maximum absolute atomic E-state index is 11.1. The first-order valence-corrected chi connectivity index (χ1v) is 3.83. The average Bonchev–Trinajstić information content (AvgIpc) is 2.05. The molecule has 1 aliphatic heterocycles. The van der Waals surface area contributed by atoms with Crippen LogP contribution in [0.4, 0.5) is 0 Å². The van der Waals surface area contributed by atoms with Gasteiger partial charge in [0.05, 0.1) is 0 Å². The van der Waals surface area contributed by atoms with E-state index in [0.29, 0.717) is 6.42 Å². The molecule has 1 aliphatic rings. The minimum absolute atomic E-state index is 0. The smallest absolute Gasteiger partial charge is 0.222 e. The highest BCUT2D eigenvalue weighted by molar-refractivity contribution is 5.85. The summed E-state index contributed by atoms with van der Waals surface area (Å²) < 4.78 is 0. The van der Waals surface area contributed by atoms with Crippen LogP contribution in [0.5, 0.6) is 0 Å². The summed E-state index contributed by atoms with van der Waals surface area (Å²) in [5.74, 6) is 0.279. The first kappa shape index (κ1) is 10.7. The molecule has 1 saturated heterocycles. The van der Waals surface area contributed by atoms with Gasteiger partial charge in [-0.2, -0.15) is 0 Å². The summed E-state index contributed by atoms with van der Waals surface area (Å²) in [6.45, 7) is 5.57. The Balaban J connectivity index is 0.000001000. The second-order valence-corrected chi connectivity index (χ2v) is 2.48. The number of halogens is 1. The molecule has 0 atom stereocenters. The molecule has 0 saturated carbocycles. The van der Waals surface area contributed by atoms with Gasteiger partial charge in [-0.15, -0.1) is 12.4 Å². The Morgan fingerprint density at radius 3 is 2.45 bits per heavy atom. The fraction of sp³-hybridized carbons (Fsp3) is 0.857. The van der Waals surface area contributed by atoms with Crippen LogP contribution in [-0.4, -0.2) is 37.0 Å². The molecule has 1 N–H and O–H groups in total. The molecule has 0 aromatic rings. The lowest BCUT2D eigenvalue weighted by atomic mass is 10.3. The number of hydrogen-bond donors (Lipinski definition) is 1. The van der Waals surface area contributed by atoms with Crippen molar-refractivity contribution >= 4 is 18.3 Å². The van der Waals surface area contributed by atoms with Crippen LogP contribution in [0.1, 0.15) is 13.3 Å². The molecule has 0 spiro atoms. The molecular weight excluding hydrogens is 164 g/mol. The molecule has 11 heavy (non-hydrogen) atoms. The minimum atomic E-state index is 0. The predicted octanol–water partition coefficient (Wildman–Crippen LogP) is 0.250. The van der Waals surface area contributed by atoms with Crippen LogP contribution >= 0.6 is 12.4 Å². The van der Waals surface area contributed by atoms with Crippen molar-refractivity contribution in [2.75, 3.05) is 26.2 Å². The van der Waals surface area contributed by atoms with Gasteiger partial charge in [-0.3, -0.25) is 4.79 Å². The normalized spacial score (nSPS) is 17.4. The van der Waals surface area contributed by atoms with Crippen molar-refractivity contribution in [2.24, 2.45) is 0 Å². The standard InChI is InChI=1S/C7H14N2O.ClH/c1-2-7(10)9-5-3-8-4-6-9;/h8H,2-6H2,1H3;1H. The van der Waals surface area contributed by atoms with E-state index in [0.717, 1.165) is 26.2 Å². The van der Waals surface area contributed by atoms with Crippen LogP contribution in [0.15, 0.2) is 0 Å². The van der Waals surface area contributed by atoms with Crippen molar-refractivity contribution in [3.63, 3.8) is 0 Å². The van der Waals surface area contributed by atoms with Crippen LogP contribution in [0.2, 0.25) is 0 Å². The van der Waals surface area contributed by atoms with Crippen molar-refractivity contribution in [1.29, 1.82) is 0 Å². The fourth-order valence-electron chi connectivity index (χ4n) is 1.14. The summed E-state index contributed by atoms with van der Waals surface area (Å²) in [4.78, 5) is 13.0. The van der Waals surface area contributed by atoms with Gasteiger partial charge in [-0.25, -0.2) is 0 Å². The van der Waals surface area contributed by atoms with Crippen LogP contribution in [-0.2, 0) is 4.79 Å². The molecule has 0 radical (unpaired) electrons. The van der Waals surface area contributed by atoms with E-state index in [9.17, 15) is 4.79 Å². The quantitative estimate of drug-likeness (QED) is 0.625. The molecule has 1 amide bonds. The lowest BCUT2D eigenvalue weighted by Gasteiger charge is -2.26. The zero-order chi connectivity index (χ0) is 7.40. The molecular formula is C7H15ClN2O. The van der Waals surface area contributed by atoms with Gasteiger partial charge in [0, 0.05) is 32.6 Å². The number of amides is 1. The lowest BCUT2D eigenvalue weighted by molar-refractivity contribution is -0.131. The second kappa shape index (κ2) is 5.38. The molecule has 0 aliphatic carbocycles. The van der Waals surface area contributed by atoms with E-state index in [1.807, 2.05) is 11.8 Å². The van der Waals surface area contributed by atoms with Gasteiger partial charge in [0.25, 0.3) is 0 Å². The third-order valence-electron chi connectivity index (χ3n) is 1.77. The Bertz CT molecular complexity index is 124. The minimum Gasteiger partial charge on any atom is -0.340 e. The van der Waals surface area contributed by atoms with Gasteiger partial charge >= 0.3 is 0 Å². The number of piperazine rings is 1. The summed E-state index contributed by atoms with van der Waals surface area (Å²) in [5.41, 5.74) is 0. The molecule has 0 unspecified atom stereocenters. The zero-order valence-corrected chi connectivity index (χ0v) is 7.62. The Morgan fingerprint density at radius 1 is 1.45 bits per heavy atom. The Morgan fingerprint density at radius 2 is 2.00 bits per heavy atom. The van der Waals surface area contributed by atoms with Gasteiger partial charge in [-0.1, -0.05) is 6.92 Å². The maximum atomic E-state index is 11.1. The van der Waals surface area contributed by atoms with E-state index in [2.05, 4.69) is 5.32 Å². The Hall–Kier alpha value is -0.280. The number of carbonyl (C=O) groups is 1. The number of nitrogens with zero attached hydrogens (tertiary/aromatic N) is 1. The van der Waals surface area contributed by atoms with Crippen molar-refractivity contribution in [3.05, 3.63) is 0 Å². The molecule has 3 nitrogen and oxygen atoms in total. The topological polar surface area (TPSA) is 32.3 Å². The summed E-state index contributed by atoms with van der Waals surface area (Å²) in [7, 11) is 0. The van der Waals surface area contributed by atoms with Crippen LogP contribution in [0.3, 0.4) is 0 Å². The largest absolute Gasteiger partial charge is 0.340 e. The third-order valence-corrected chi connectivity index (χ3v) is 1.77. The molecule has 0 bridgehead atoms. The maximum Gasteiger partial charge on any atom is 0.222 e. The number of hydrogen-bond acceptors (Lipinski definition) is 2. The van der Waals surface area contributed by atoms with Crippen LogP contribution < -0.4 is 5.32 Å². The highest BCUT2D eigenvalue weighted by atomic mass is 35.5. The number of rotatable bonds is 1. The van der Waals surface area contributed by atoms with Gasteiger partial charge in [0.2, 0.25) is 5.91 Å². The Labute approximate surface area is 73.5 Å². The summed E-state index contributed by atoms with van der Waals surface area (Å²) in [6.07, 6.45) is 0.639. The molecule has 66 valence electrons. The van der Waals surface area contributed by atoms with Crippen molar-refractivity contribution in [3.8, 4) is 0 Å². The summed E-state index contributed by atoms with van der Waals surface area (Å²) in [5, 5.41) is 3.20. The summed E-state index contributed by atoms with van der Waals surface area (Å²) in [6, 6.07) is 0. The van der Waals surface area contributed by atoms with E-state index >= 15 is 0 Å². The van der Waals surface area contributed by atoms with E-state index in [4.69, 9.17) is 0 Å². The number of nitrogens with one attached hydrogen (secondary N) is 1. The van der Waals surface area contributed by atoms with Crippen molar-refractivity contribution in [1.82, 2.24) is 10.2 Å². The first-order chi connectivity index (χ1) is 4.84. The first-order valence-electron chi connectivity index (χ1n) is 3.83. The van der Waals surface area contributed by atoms with Gasteiger partial charge in [-0.05, 0) is 0 Å². The Kier molecular flexibility index (Phi) is 5.24. The summed E-state index contributed by atoms with van der Waals surface area (Å²) >= 11 is 0. The van der Waals surface area contributed by atoms with Gasteiger partial charge < -0.3 is 10.2 Å². The van der Waals surface area contributed by atoms with Crippen molar-refractivity contribution in [2.45, 2.75) is 13.3 Å². The highest BCUT2D eigenvalue weighted by Gasteiger charge is 2.12. The third kappa shape index (κ3) is 3.08. The monoisotopic (exact) mass is 178 g/mol. The van der Waals surface area contributed by atoms with E-state index < -0.39 is 0 Å². The van der Waals surface area contributed by atoms with E-state index in [1.165, 1.54) is 0 Å². The second-order valence-electron chi connectivity index (χ2n) is 2.48. The van der Waals surface area contributed by atoms with E-state index in [1.54, 1.807) is 0 Å². The fourth-order valence-corrected chi connectivity index (χ4v) is 1.14. The SMILES string of the molecule is CCC(=O)N1CCNCC1.Cl. The number of carbonyl (C=O) groups excluding carboxylic acids is 1. The van der Waals surface area contributed by atoms with Gasteiger partial charge in [0.1, 0.15) is 0 Å². The van der Waals surface area contributed by atoms with E-state index in [-0.39, 0.29) is 18.3 Å². The average molecular weight is 179 g/mol. The van der Waals surface area contributed by atoms with Crippen LogP contribution in [0, 0.1) is 0 Å².